The van der Waals surface area contributed by atoms with E-state index in [0.29, 0.717) is 35.8 Å². The first-order chi connectivity index (χ1) is 12.9. The van der Waals surface area contributed by atoms with Gasteiger partial charge in [-0.05, 0) is 43.0 Å². The van der Waals surface area contributed by atoms with Gasteiger partial charge in [0.2, 0.25) is 5.91 Å². The monoisotopic (exact) mass is 373 g/mol. The molecular weight excluding hydrogens is 350 g/mol. The highest BCUT2D eigenvalue weighted by Crippen LogP contribution is 2.33. The fraction of sp³-hybridized carbons (Fsp3) is 0.421. The van der Waals surface area contributed by atoms with Crippen molar-refractivity contribution < 1.29 is 14.3 Å². The van der Waals surface area contributed by atoms with Crippen molar-refractivity contribution in [3.8, 4) is 11.5 Å². The Hall–Kier alpha value is -3.03. The van der Waals surface area contributed by atoms with Gasteiger partial charge >= 0.3 is 5.69 Å². The predicted octanol–water partition coefficient (Wildman–Crippen LogP) is 0.906. The Bertz CT molecular complexity index is 976. The van der Waals surface area contributed by atoms with Gasteiger partial charge in [-0.3, -0.25) is 14.6 Å². The third-order valence-electron chi connectivity index (χ3n) is 4.91. The lowest BCUT2D eigenvalue weighted by atomic mass is 9.98. The lowest BCUT2D eigenvalue weighted by Gasteiger charge is -2.29. The van der Waals surface area contributed by atoms with Crippen LogP contribution in [-0.2, 0) is 24.2 Å². The fourth-order valence-electron chi connectivity index (χ4n) is 3.41. The molecule has 1 aliphatic rings. The molecule has 27 heavy (non-hydrogen) atoms. The van der Waals surface area contributed by atoms with Crippen LogP contribution in [0.3, 0.4) is 0 Å². The lowest BCUT2D eigenvalue weighted by molar-refractivity contribution is -0.132. The molecule has 2 aromatic rings. The summed E-state index contributed by atoms with van der Waals surface area (Å²) in [6, 6.07) is 3.86. The van der Waals surface area contributed by atoms with E-state index in [1.165, 1.54) is 0 Å². The molecule has 0 unspecified atom stereocenters. The summed E-state index contributed by atoms with van der Waals surface area (Å²) in [5, 5.41) is 0. The van der Waals surface area contributed by atoms with Crippen LogP contribution in [-0.4, -0.2) is 41.5 Å². The second-order valence-corrected chi connectivity index (χ2v) is 6.55. The molecule has 2 heterocycles. The van der Waals surface area contributed by atoms with Crippen LogP contribution in [0.1, 0.15) is 28.8 Å². The van der Waals surface area contributed by atoms with Crippen molar-refractivity contribution in [1.29, 1.82) is 0 Å². The molecule has 8 nitrogen and oxygen atoms in total. The van der Waals surface area contributed by atoms with Crippen LogP contribution in [0.5, 0.6) is 11.5 Å². The van der Waals surface area contributed by atoms with E-state index < -0.39 is 11.2 Å². The highest BCUT2D eigenvalue weighted by atomic mass is 16.5. The number of aryl methyl sites for hydroxylation is 1. The molecule has 2 N–H and O–H groups in total. The molecular formula is C19H23N3O5. The van der Waals surface area contributed by atoms with Gasteiger partial charge in [0.1, 0.15) is 0 Å². The molecule has 0 spiro atoms. The van der Waals surface area contributed by atoms with Crippen LogP contribution >= 0.6 is 0 Å². The summed E-state index contributed by atoms with van der Waals surface area (Å²) in [4.78, 5) is 42.4. The minimum atomic E-state index is -0.537. The predicted molar refractivity (Wildman–Crippen MR) is 99.4 cm³/mol. The van der Waals surface area contributed by atoms with Crippen molar-refractivity contribution in [3.63, 3.8) is 0 Å². The van der Waals surface area contributed by atoms with Crippen LogP contribution in [0.15, 0.2) is 21.7 Å². The number of H-pyrrole nitrogens is 2. The van der Waals surface area contributed by atoms with E-state index >= 15 is 0 Å². The lowest BCUT2D eigenvalue weighted by Crippen LogP contribution is -2.36. The van der Waals surface area contributed by atoms with Gasteiger partial charge < -0.3 is 19.4 Å². The van der Waals surface area contributed by atoms with Gasteiger partial charge in [0.25, 0.3) is 5.56 Å². The number of fused-ring (bicyclic) bond motifs is 1. The molecule has 1 amide bonds. The number of aromatic amines is 2. The highest BCUT2D eigenvalue weighted by molar-refractivity contribution is 5.77. The first-order valence-electron chi connectivity index (χ1n) is 8.76. The van der Waals surface area contributed by atoms with Crippen LogP contribution in [0, 0.1) is 6.92 Å². The Kier molecular flexibility index (Phi) is 5.34. The minimum absolute atomic E-state index is 0.0274. The van der Waals surface area contributed by atoms with Crippen LogP contribution < -0.4 is 20.7 Å². The topological polar surface area (TPSA) is 104 Å². The van der Waals surface area contributed by atoms with E-state index in [-0.39, 0.29) is 18.7 Å². The van der Waals surface area contributed by atoms with E-state index in [1.54, 1.807) is 26.0 Å². The second-order valence-electron chi connectivity index (χ2n) is 6.55. The zero-order chi connectivity index (χ0) is 19.6. The number of hydrogen-bond donors (Lipinski definition) is 2. The minimum Gasteiger partial charge on any atom is -0.493 e. The van der Waals surface area contributed by atoms with Gasteiger partial charge in [0.15, 0.2) is 11.5 Å². The standard InChI is InChI=1S/C19H23N3O5/c1-11-14(18(24)21-19(25)20-11)4-5-17(23)22-7-6-12-8-15(26-2)16(27-3)9-13(12)10-22/h8-9H,4-7,10H2,1-3H3,(H2,20,21,24,25). The van der Waals surface area contributed by atoms with Gasteiger partial charge in [-0.15, -0.1) is 0 Å². The summed E-state index contributed by atoms with van der Waals surface area (Å²) in [6.45, 7) is 2.77. The number of methoxy groups -OCH3 is 2. The number of amides is 1. The molecule has 0 fully saturated rings. The molecule has 1 aromatic carbocycles. The maximum absolute atomic E-state index is 12.6. The van der Waals surface area contributed by atoms with Crippen molar-refractivity contribution in [2.75, 3.05) is 20.8 Å². The summed E-state index contributed by atoms with van der Waals surface area (Å²) in [5.41, 5.74) is 2.13. The number of nitrogens with one attached hydrogen (secondary N) is 2. The number of carbonyl (C=O) groups excluding carboxylic acids is 1. The third kappa shape index (κ3) is 3.89. The Labute approximate surface area is 156 Å². The summed E-state index contributed by atoms with van der Waals surface area (Å²) >= 11 is 0. The van der Waals surface area contributed by atoms with E-state index in [4.69, 9.17) is 9.47 Å². The SMILES string of the molecule is COc1cc2c(cc1OC)CN(C(=O)CCc1c(C)[nH]c(=O)[nH]c1=O)CC2. The first kappa shape index (κ1) is 18.8. The second kappa shape index (κ2) is 7.69. The van der Waals surface area contributed by atoms with Gasteiger partial charge in [-0.25, -0.2) is 4.79 Å². The van der Waals surface area contributed by atoms with Crippen LogP contribution in [0.4, 0.5) is 0 Å². The Morgan fingerprint density at radius 3 is 2.41 bits per heavy atom. The fourth-order valence-corrected chi connectivity index (χ4v) is 3.41. The Morgan fingerprint density at radius 1 is 1.11 bits per heavy atom. The molecule has 1 aliphatic heterocycles. The third-order valence-corrected chi connectivity index (χ3v) is 4.91. The maximum atomic E-state index is 12.6. The molecule has 0 saturated heterocycles. The van der Waals surface area contributed by atoms with Crippen molar-refractivity contribution in [2.24, 2.45) is 0 Å². The molecule has 0 bridgehead atoms. The number of rotatable bonds is 5. The quantitative estimate of drug-likeness (QED) is 0.811. The average Bonchev–Trinajstić information content (AvgIpc) is 2.65. The number of aromatic nitrogens is 2. The van der Waals surface area contributed by atoms with Gasteiger partial charge in [-0.1, -0.05) is 0 Å². The van der Waals surface area contributed by atoms with E-state index in [1.807, 2.05) is 12.1 Å². The normalized spacial score (nSPS) is 13.2. The van der Waals surface area contributed by atoms with Crippen molar-refractivity contribution in [3.05, 3.63) is 55.4 Å². The van der Waals surface area contributed by atoms with Crippen molar-refractivity contribution in [2.45, 2.75) is 32.7 Å². The summed E-state index contributed by atoms with van der Waals surface area (Å²) in [7, 11) is 3.18. The molecule has 0 saturated carbocycles. The van der Waals surface area contributed by atoms with Gasteiger partial charge in [0.05, 0.1) is 14.2 Å². The van der Waals surface area contributed by atoms with E-state index in [2.05, 4.69) is 9.97 Å². The molecule has 144 valence electrons. The average molecular weight is 373 g/mol. The summed E-state index contributed by atoms with van der Waals surface area (Å²) < 4.78 is 10.7. The van der Waals surface area contributed by atoms with E-state index in [9.17, 15) is 14.4 Å². The molecule has 0 aliphatic carbocycles. The number of hydrogen-bond acceptors (Lipinski definition) is 5. The zero-order valence-electron chi connectivity index (χ0n) is 15.7. The Balaban J connectivity index is 1.71. The van der Waals surface area contributed by atoms with Crippen LogP contribution in [0.25, 0.3) is 0 Å². The zero-order valence-corrected chi connectivity index (χ0v) is 15.7. The number of nitrogens with zero attached hydrogens (tertiary/aromatic N) is 1. The Morgan fingerprint density at radius 2 is 1.78 bits per heavy atom. The van der Waals surface area contributed by atoms with Crippen molar-refractivity contribution in [1.82, 2.24) is 14.9 Å². The largest absolute Gasteiger partial charge is 0.493 e. The number of benzene rings is 1. The molecule has 1 aromatic heterocycles. The van der Waals surface area contributed by atoms with E-state index in [0.717, 1.165) is 17.5 Å². The first-order valence-corrected chi connectivity index (χ1v) is 8.76. The smallest absolute Gasteiger partial charge is 0.325 e. The molecule has 3 rings (SSSR count). The number of ether oxygens (including phenoxy) is 2. The summed E-state index contributed by atoms with van der Waals surface area (Å²) in [5.74, 6) is 1.30. The van der Waals surface area contributed by atoms with Crippen molar-refractivity contribution >= 4 is 5.91 Å². The molecule has 8 heteroatoms. The number of carbonyl (C=O) groups is 1. The van der Waals surface area contributed by atoms with Gasteiger partial charge in [0, 0.05) is 30.8 Å². The van der Waals surface area contributed by atoms with Gasteiger partial charge in [-0.2, -0.15) is 0 Å². The molecule has 0 atom stereocenters. The summed E-state index contributed by atoms with van der Waals surface area (Å²) in [6.07, 6.45) is 1.23. The van der Waals surface area contributed by atoms with Crippen LogP contribution in [0.2, 0.25) is 0 Å². The maximum Gasteiger partial charge on any atom is 0.325 e. The molecule has 0 radical (unpaired) electrons. The highest BCUT2D eigenvalue weighted by Gasteiger charge is 2.23.